The number of carbonyl (C=O) groups is 2. The van der Waals surface area contributed by atoms with Gasteiger partial charge in [-0.1, -0.05) is 53.3 Å². The first-order valence-electron chi connectivity index (χ1n) is 14.6. The Kier molecular flexibility index (Phi) is 6.31. The summed E-state index contributed by atoms with van der Waals surface area (Å²) in [5.74, 6) is 0.906. The third kappa shape index (κ3) is 4.19. The second-order valence-corrected chi connectivity index (χ2v) is 14.2. The van der Waals surface area contributed by atoms with Gasteiger partial charge in [-0.2, -0.15) is 0 Å². The molecule has 2 amide bonds. The number of nitrogens with one attached hydrogen (secondary N) is 1. The number of methoxy groups -OCH3 is 1. The normalized spacial score (nSPS) is 28.5. The maximum Gasteiger partial charge on any atom is 0.305 e. The van der Waals surface area contributed by atoms with Crippen LogP contribution in [0.4, 0.5) is 5.69 Å². The Labute approximate surface area is 257 Å². The molecule has 8 rings (SSSR count). The smallest absolute Gasteiger partial charge is 0.305 e. The van der Waals surface area contributed by atoms with Gasteiger partial charge in [-0.15, -0.1) is 11.8 Å². The number of amides is 2. The molecule has 7 nitrogen and oxygen atoms in total. The molecule has 7 atom stereocenters. The first-order chi connectivity index (χ1) is 20.9. The highest BCUT2D eigenvalue weighted by molar-refractivity contribution is 8.00. The lowest BCUT2D eigenvalue weighted by atomic mass is 9.68. The van der Waals surface area contributed by atoms with E-state index >= 15 is 0 Å². The molecule has 2 saturated carbocycles. The Hall–Kier alpha value is -3.82. The topological polar surface area (TPSA) is 88.7 Å². The monoisotopic (exact) mass is 610 g/mol. The summed E-state index contributed by atoms with van der Waals surface area (Å²) < 4.78 is 11.4. The Balaban J connectivity index is 1.11. The summed E-state index contributed by atoms with van der Waals surface area (Å²) >= 11 is 2.98. The number of H-pyrrole nitrogens is 1. The molecule has 2 aliphatic carbocycles. The molecular formula is C34H30N2O5S2. The fourth-order valence-corrected chi connectivity index (χ4v) is 11.0. The Morgan fingerprint density at radius 2 is 1.63 bits per heavy atom. The van der Waals surface area contributed by atoms with Crippen LogP contribution in [0.25, 0.3) is 0 Å². The summed E-state index contributed by atoms with van der Waals surface area (Å²) in [4.78, 5) is 45.8. The van der Waals surface area contributed by atoms with Gasteiger partial charge in [-0.05, 0) is 78.6 Å². The van der Waals surface area contributed by atoms with E-state index < -0.39 is 0 Å². The minimum absolute atomic E-state index is 0.0232. The number of hydrogen-bond acceptors (Lipinski definition) is 7. The summed E-state index contributed by atoms with van der Waals surface area (Å²) in [7, 11) is 1.59. The number of aryl methyl sites for hydroxylation is 1. The minimum atomic E-state index is -0.335. The average molecular weight is 611 g/mol. The first-order valence-corrected chi connectivity index (χ1v) is 16.3. The zero-order chi connectivity index (χ0) is 29.4. The van der Waals surface area contributed by atoms with Crippen LogP contribution in [-0.2, 0) is 16.2 Å². The van der Waals surface area contributed by atoms with Gasteiger partial charge >= 0.3 is 4.87 Å². The van der Waals surface area contributed by atoms with Crippen molar-refractivity contribution in [1.29, 1.82) is 0 Å². The second kappa shape index (κ2) is 10.1. The average Bonchev–Trinajstić information content (AvgIpc) is 3.75. The molecule has 218 valence electrons. The van der Waals surface area contributed by atoms with Gasteiger partial charge in [0.25, 0.3) is 0 Å². The number of thiazole rings is 1. The van der Waals surface area contributed by atoms with Crippen LogP contribution in [0.15, 0.2) is 82.6 Å². The number of nitrogens with zero attached hydrogens (tertiary/aromatic N) is 1. The van der Waals surface area contributed by atoms with Crippen LogP contribution in [0, 0.1) is 36.5 Å². The van der Waals surface area contributed by atoms with Crippen LogP contribution in [0.2, 0.25) is 0 Å². The number of aromatic amines is 1. The molecule has 4 aromatic rings. The Bertz CT molecular complexity index is 1800. The molecule has 2 aliphatic heterocycles. The largest absolute Gasteiger partial charge is 0.497 e. The van der Waals surface area contributed by atoms with Crippen LogP contribution in [0.3, 0.4) is 0 Å². The summed E-state index contributed by atoms with van der Waals surface area (Å²) in [6.45, 7) is 2.56. The van der Waals surface area contributed by atoms with Crippen molar-refractivity contribution in [2.45, 2.75) is 36.1 Å². The standard InChI is InChI=1S/C34H30N2O5S2/c1-17-4-3-5-18(14-17)16-41-22-10-6-19(7-11-22)25-26-23-15-24(29(26)42-31-30(25)43-34(39)35-31)28-27(23)32(37)36(33(28)38)20-8-12-21(40-2)13-9-20/h3-14,23-29H,15-16H2,1-2H3,(H,35,39)/t23?,24?,25-,26?,27?,28?,29?/m1/s1. The van der Waals surface area contributed by atoms with E-state index in [-0.39, 0.29) is 57.4 Å². The predicted octanol–water partition coefficient (Wildman–Crippen LogP) is 6.01. The molecule has 0 radical (unpaired) electrons. The van der Waals surface area contributed by atoms with E-state index in [1.54, 1.807) is 43.1 Å². The number of rotatable bonds is 6. The maximum absolute atomic E-state index is 14.0. The van der Waals surface area contributed by atoms with Crippen LogP contribution < -0.4 is 19.2 Å². The lowest BCUT2D eigenvalue weighted by Gasteiger charge is -2.43. The van der Waals surface area contributed by atoms with Crippen molar-refractivity contribution in [1.82, 2.24) is 4.98 Å². The summed E-state index contributed by atoms with van der Waals surface area (Å²) in [6, 6.07) is 23.6. The predicted molar refractivity (Wildman–Crippen MR) is 166 cm³/mol. The molecule has 4 aliphatic rings. The van der Waals surface area contributed by atoms with E-state index in [4.69, 9.17) is 9.47 Å². The Morgan fingerprint density at radius 1 is 0.907 bits per heavy atom. The number of ether oxygens (including phenoxy) is 2. The zero-order valence-electron chi connectivity index (χ0n) is 23.7. The number of anilines is 1. The third-order valence-corrected chi connectivity index (χ3v) is 12.4. The van der Waals surface area contributed by atoms with Gasteiger partial charge in [0.15, 0.2) is 0 Å². The number of hydrogen-bond donors (Lipinski definition) is 1. The molecule has 9 heteroatoms. The SMILES string of the molecule is COc1ccc(N2C(=O)C3C4CC(C3C2=O)C2C4Sc3[nH]c(=O)sc3[C@@H]2c2ccc(OCc3cccc(C)c3)cc2)cc1. The summed E-state index contributed by atoms with van der Waals surface area (Å²) in [5.41, 5.74) is 4.03. The molecule has 3 fully saturated rings. The fraction of sp³-hybridized carbons (Fsp3) is 0.324. The van der Waals surface area contributed by atoms with Gasteiger partial charge in [-0.25, -0.2) is 0 Å². The van der Waals surface area contributed by atoms with Crippen molar-refractivity contribution in [2.24, 2.45) is 29.6 Å². The van der Waals surface area contributed by atoms with Crippen LogP contribution in [-0.4, -0.2) is 29.2 Å². The van der Waals surface area contributed by atoms with E-state index in [2.05, 4.69) is 42.2 Å². The molecule has 1 N–H and O–H groups in total. The number of carbonyl (C=O) groups excluding carboxylic acids is 2. The molecule has 2 bridgehead atoms. The van der Waals surface area contributed by atoms with E-state index in [1.807, 2.05) is 18.2 Å². The number of imide groups is 1. The Morgan fingerprint density at radius 3 is 2.35 bits per heavy atom. The molecule has 0 spiro atoms. The quantitative estimate of drug-likeness (QED) is 0.269. The van der Waals surface area contributed by atoms with Gasteiger partial charge in [0, 0.05) is 16.0 Å². The highest BCUT2D eigenvalue weighted by atomic mass is 32.2. The van der Waals surface area contributed by atoms with Crippen molar-refractivity contribution in [3.05, 3.63) is 104 Å². The van der Waals surface area contributed by atoms with Crippen molar-refractivity contribution in [3.8, 4) is 11.5 Å². The molecule has 3 heterocycles. The van der Waals surface area contributed by atoms with Gasteiger partial charge in [0.2, 0.25) is 11.8 Å². The van der Waals surface area contributed by atoms with Crippen LogP contribution in [0.5, 0.6) is 11.5 Å². The molecule has 1 aromatic heterocycles. The number of benzene rings is 3. The fourth-order valence-electron chi connectivity index (χ4n) is 8.12. The van der Waals surface area contributed by atoms with E-state index in [0.29, 0.717) is 18.0 Å². The summed E-state index contributed by atoms with van der Waals surface area (Å²) in [5, 5.41) is 1.06. The van der Waals surface area contributed by atoms with Gasteiger partial charge in [0.1, 0.15) is 18.1 Å². The lowest BCUT2D eigenvalue weighted by molar-refractivity contribution is -0.123. The van der Waals surface area contributed by atoms with Gasteiger partial charge in [-0.3, -0.25) is 19.3 Å². The second-order valence-electron chi connectivity index (χ2n) is 12.0. The van der Waals surface area contributed by atoms with Gasteiger partial charge < -0.3 is 14.5 Å². The minimum Gasteiger partial charge on any atom is -0.497 e. The van der Waals surface area contributed by atoms with Crippen molar-refractivity contribution < 1.29 is 19.1 Å². The summed E-state index contributed by atoms with van der Waals surface area (Å²) in [6.07, 6.45) is 0.860. The van der Waals surface area contributed by atoms with Crippen LogP contribution >= 0.6 is 23.1 Å². The number of aromatic nitrogens is 1. The number of thioether (sulfide) groups is 1. The van der Waals surface area contributed by atoms with Crippen molar-refractivity contribution >= 4 is 40.6 Å². The highest BCUT2D eigenvalue weighted by Crippen LogP contribution is 2.68. The van der Waals surface area contributed by atoms with E-state index in [1.165, 1.54) is 21.8 Å². The maximum atomic E-state index is 14.0. The molecule has 43 heavy (non-hydrogen) atoms. The van der Waals surface area contributed by atoms with Crippen LogP contribution in [0.1, 0.15) is 33.9 Å². The number of fused-ring (bicyclic) bond motifs is 9. The van der Waals surface area contributed by atoms with Crippen molar-refractivity contribution in [2.75, 3.05) is 12.0 Å². The van der Waals surface area contributed by atoms with Gasteiger partial charge in [0.05, 0.1) is 29.7 Å². The van der Waals surface area contributed by atoms with E-state index in [9.17, 15) is 14.4 Å². The third-order valence-electron chi connectivity index (χ3n) is 9.78. The molecular weight excluding hydrogens is 581 g/mol. The molecule has 6 unspecified atom stereocenters. The first kappa shape index (κ1) is 26.8. The highest BCUT2D eigenvalue weighted by Gasteiger charge is 2.69. The molecule has 1 saturated heterocycles. The zero-order valence-corrected chi connectivity index (χ0v) is 25.3. The van der Waals surface area contributed by atoms with E-state index in [0.717, 1.165) is 33.2 Å². The molecule has 3 aromatic carbocycles. The lowest BCUT2D eigenvalue weighted by Crippen LogP contribution is -2.42. The van der Waals surface area contributed by atoms with Crippen molar-refractivity contribution in [3.63, 3.8) is 0 Å².